The van der Waals surface area contributed by atoms with Gasteiger partial charge in [0.05, 0.1) is 5.69 Å². The number of carbonyl (C=O) groups is 2. The number of aryl methyl sites for hydroxylation is 2. The molecule has 5 nitrogen and oxygen atoms in total. The van der Waals surface area contributed by atoms with Crippen molar-refractivity contribution in [3.63, 3.8) is 0 Å². The van der Waals surface area contributed by atoms with Crippen LogP contribution < -0.4 is 5.32 Å². The average molecular weight is 412 g/mol. The molecule has 0 aromatic heterocycles. The number of benzene rings is 2. The molecule has 2 aromatic carbocycles. The van der Waals surface area contributed by atoms with Crippen molar-refractivity contribution >= 4 is 40.1 Å². The highest BCUT2D eigenvalue weighted by atomic mass is 32.2. The third-order valence-electron chi connectivity index (χ3n) is 4.97. The first kappa shape index (κ1) is 19.6. The number of thioether (sulfide) groups is 1. The van der Waals surface area contributed by atoms with E-state index in [-0.39, 0.29) is 30.1 Å². The van der Waals surface area contributed by atoms with Crippen LogP contribution in [-0.4, -0.2) is 33.2 Å². The number of anilines is 1. The van der Waals surface area contributed by atoms with E-state index in [1.807, 2.05) is 32.0 Å². The molecule has 7 heteroatoms. The second-order valence-electron chi connectivity index (χ2n) is 7.49. The number of halogens is 1. The fraction of sp³-hybridized carbons (Fsp3) is 0.318. The number of amidine groups is 1. The molecule has 29 heavy (non-hydrogen) atoms. The van der Waals surface area contributed by atoms with E-state index >= 15 is 0 Å². The molecule has 2 amide bonds. The van der Waals surface area contributed by atoms with Gasteiger partial charge in [-0.25, -0.2) is 9.38 Å². The quantitative estimate of drug-likeness (QED) is 0.784. The number of nitrogens with one attached hydrogen (secondary N) is 1. The lowest BCUT2D eigenvalue weighted by molar-refractivity contribution is -0.128. The monoisotopic (exact) mass is 411 g/mol. The fourth-order valence-electron chi connectivity index (χ4n) is 3.23. The Morgan fingerprint density at radius 3 is 2.62 bits per heavy atom. The van der Waals surface area contributed by atoms with Crippen molar-refractivity contribution < 1.29 is 14.0 Å². The van der Waals surface area contributed by atoms with Crippen LogP contribution in [0.2, 0.25) is 0 Å². The maximum atomic E-state index is 13.2. The summed E-state index contributed by atoms with van der Waals surface area (Å²) in [4.78, 5) is 31.8. The average Bonchev–Trinajstić information content (AvgIpc) is 3.46. The summed E-state index contributed by atoms with van der Waals surface area (Å²) >= 11 is 1.31. The van der Waals surface area contributed by atoms with E-state index in [9.17, 15) is 14.0 Å². The Morgan fingerprint density at radius 2 is 1.93 bits per heavy atom. The minimum Gasteiger partial charge on any atom is -0.326 e. The van der Waals surface area contributed by atoms with Crippen LogP contribution in [0.5, 0.6) is 0 Å². The first-order valence-corrected chi connectivity index (χ1v) is 10.5. The molecular formula is C22H22FN3O2S. The van der Waals surface area contributed by atoms with Gasteiger partial charge in [-0.1, -0.05) is 23.9 Å². The third-order valence-corrected chi connectivity index (χ3v) is 6.12. The van der Waals surface area contributed by atoms with Crippen LogP contribution in [0.1, 0.15) is 30.4 Å². The van der Waals surface area contributed by atoms with Crippen molar-refractivity contribution in [3.05, 3.63) is 59.4 Å². The maximum Gasteiger partial charge on any atom is 0.242 e. The van der Waals surface area contributed by atoms with E-state index in [4.69, 9.17) is 0 Å². The lowest BCUT2D eigenvalue weighted by Crippen LogP contribution is -2.35. The van der Waals surface area contributed by atoms with Gasteiger partial charge in [-0.05, 0) is 68.1 Å². The molecule has 0 unspecified atom stereocenters. The number of nitrogens with zero attached hydrogens (tertiary/aromatic N) is 2. The number of rotatable bonds is 5. The largest absolute Gasteiger partial charge is 0.326 e. The highest BCUT2D eigenvalue weighted by molar-refractivity contribution is 8.15. The van der Waals surface area contributed by atoms with Gasteiger partial charge < -0.3 is 5.32 Å². The molecule has 0 bridgehead atoms. The van der Waals surface area contributed by atoms with Gasteiger partial charge in [-0.15, -0.1) is 0 Å². The molecule has 1 aliphatic heterocycles. The summed E-state index contributed by atoms with van der Waals surface area (Å²) in [7, 11) is 0. The predicted octanol–water partition coefficient (Wildman–Crippen LogP) is 4.57. The van der Waals surface area contributed by atoms with E-state index in [1.54, 1.807) is 17.0 Å². The summed E-state index contributed by atoms with van der Waals surface area (Å²) in [6, 6.07) is 11.9. The molecule has 1 saturated carbocycles. The van der Waals surface area contributed by atoms with Crippen LogP contribution in [0.3, 0.4) is 0 Å². The lowest BCUT2D eigenvalue weighted by atomic mass is 10.1. The Kier molecular flexibility index (Phi) is 5.41. The Hall–Kier alpha value is -2.67. The highest BCUT2D eigenvalue weighted by Gasteiger charge is 2.46. The Labute approximate surface area is 173 Å². The number of carbonyl (C=O) groups excluding carboxylic acids is 2. The molecule has 1 heterocycles. The Balaban J connectivity index is 1.49. The molecule has 150 valence electrons. The van der Waals surface area contributed by atoms with E-state index in [0.29, 0.717) is 10.9 Å². The van der Waals surface area contributed by atoms with E-state index in [2.05, 4.69) is 10.3 Å². The SMILES string of the molecule is Cc1ccc(C)c(NC(=O)C[C@H]2SC(=Nc3ccc(F)cc3)N(C3CC3)C2=O)c1. The molecular weight excluding hydrogens is 389 g/mol. The van der Waals surface area contributed by atoms with Crippen molar-refractivity contribution in [2.24, 2.45) is 4.99 Å². The first-order chi connectivity index (χ1) is 13.9. The van der Waals surface area contributed by atoms with Gasteiger partial charge in [-0.3, -0.25) is 14.5 Å². The topological polar surface area (TPSA) is 61.8 Å². The molecule has 1 atom stereocenters. The standard InChI is InChI=1S/C22H22FN3O2S/c1-13-3-4-14(2)18(11-13)25-20(27)12-19-21(28)26(17-9-10-17)22(29-19)24-16-7-5-15(23)6-8-16/h3-8,11,17,19H,9-10,12H2,1-2H3,(H,25,27)/t19-/m1/s1. The summed E-state index contributed by atoms with van der Waals surface area (Å²) in [5, 5.41) is 3.02. The Bertz CT molecular complexity index is 986. The van der Waals surface area contributed by atoms with E-state index < -0.39 is 5.25 Å². The van der Waals surface area contributed by atoms with Gasteiger partial charge in [0.1, 0.15) is 11.1 Å². The van der Waals surface area contributed by atoms with Crippen LogP contribution in [0.4, 0.5) is 15.8 Å². The summed E-state index contributed by atoms with van der Waals surface area (Å²) in [6.45, 7) is 3.91. The molecule has 0 spiro atoms. The number of hydrogen-bond acceptors (Lipinski definition) is 4. The third kappa shape index (κ3) is 4.50. The zero-order valence-corrected chi connectivity index (χ0v) is 17.1. The summed E-state index contributed by atoms with van der Waals surface area (Å²) in [5.74, 6) is -0.595. The summed E-state index contributed by atoms with van der Waals surface area (Å²) in [5.41, 5.74) is 3.40. The molecule has 2 aliphatic rings. The van der Waals surface area contributed by atoms with Gasteiger partial charge in [0.2, 0.25) is 11.8 Å². The normalized spacial score (nSPS) is 20.4. The van der Waals surface area contributed by atoms with Crippen molar-refractivity contribution in [1.29, 1.82) is 0 Å². The minimum absolute atomic E-state index is 0.0746. The van der Waals surface area contributed by atoms with Crippen LogP contribution in [0.25, 0.3) is 0 Å². The number of amides is 2. The smallest absolute Gasteiger partial charge is 0.242 e. The summed E-state index contributed by atoms with van der Waals surface area (Å²) < 4.78 is 13.2. The zero-order chi connectivity index (χ0) is 20.5. The van der Waals surface area contributed by atoms with Crippen LogP contribution in [0.15, 0.2) is 47.5 Å². The van der Waals surface area contributed by atoms with Crippen molar-refractivity contribution in [3.8, 4) is 0 Å². The molecule has 4 rings (SSSR count). The van der Waals surface area contributed by atoms with Crippen molar-refractivity contribution in [1.82, 2.24) is 4.90 Å². The van der Waals surface area contributed by atoms with Crippen molar-refractivity contribution in [2.45, 2.75) is 44.4 Å². The van der Waals surface area contributed by atoms with Gasteiger partial charge in [0.25, 0.3) is 0 Å². The molecule has 0 radical (unpaired) electrons. The molecule has 2 aromatic rings. The van der Waals surface area contributed by atoms with E-state index in [1.165, 1.54) is 23.9 Å². The molecule has 1 saturated heterocycles. The van der Waals surface area contributed by atoms with Crippen LogP contribution >= 0.6 is 11.8 Å². The summed E-state index contributed by atoms with van der Waals surface area (Å²) in [6.07, 6.45) is 1.97. The van der Waals surface area contributed by atoms with E-state index in [0.717, 1.165) is 29.7 Å². The molecule has 1 aliphatic carbocycles. The highest BCUT2D eigenvalue weighted by Crippen LogP contribution is 2.39. The maximum absolute atomic E-state index is 13.2. The van der Waals surface area contributed by atoms with Crippen molar-refractivity contribution in [2.75, 3.05) is 5.32 Å². The second kappa shape index (κ2) is 7.99. The number of aliphatic imine (C=N–C) groups is 1. The van der Waals surface area contributed by atoms with Gasteiger partial charge >= 0.3 is 0 Å². The zero-order valence-electron chi connectivity index (χ0n) is 16.3. The van der Waals surface area contributed by atoms with Gasteiger partial charge in [0, 0.05) is 18.2 Å². The molecule has 1 N–H and O–H groups in total. The first-order valence-electron chi connectivity index (χ1n) is 9.62. The molecule has 2 fully saturated rings. The number of hydrogen-bond donors (Lipinski definition) is 1. The lowest BCUT2D eigenvalue weighted by Gasteiger charge is -2.15. The second-order valence-corrected chi connectivity index (χ2v) is 8.66. The van der Waals surface area contributed by atoms with Crippen LogP contribution in [0, 0.1) is 19.7 Å². The van der Waals surface area contributed by atoms with Gasteiger partial charge in [0.15, 0.2) is 5.17 Å². The van der Waals surface area contributed by atoms with Gasteiger partial charge in [-0.2, -0.15) is 0 Å². The Morgan fingerprint density at radius 1 is 1.21 bits per heavy atom. The fourth-order valence-corrected chi connectivity index (χ4v) is 4.44. The minimum atomic E-state index is -0.500. The van der Waals surface area contributed by atoms with Crippen LogP contribution in [-0.2, 0) is 9.59 Å². The predicted molar refractivity (Wildman–Crippen MR) is 114 cm³/mol.